The predicted molar refractivity (Wildman–Crippen MR) is 91.2 cm³/mol. The number of halogens is 1. The third-order valence-corrected chi connectivity index (χ3v) is 5.42. The quantitative estimate of drug-likeness (QED) is 0.889. The molecule has 3 rings (SSSR count). The lowest BCUT2D eigenvalue weighted by Gasteiger charge is -2.22. The minimum atomic E-state index is -3.82. The van der Waals surface area contributed by atoms with Crippen LogP contribution in [0.4, 0.5) is 15.8 Å². The van der Waals surface area contributed by atoms with Gasteiger partial charge in [-0.3, -0.25) is 4.72 Å². The number of aliphatic hydroxyl groups excluding tert-OH is 1. The summed E-state index contributed by atoms with van der Waals surface area (Å²) in [6.07, 6.45) is -0.00969. The van der Waals surface area contributed by atoms with Crippen LogP contribution in [0.1, 0.15) is 12.0 Å². The summed E-state index contributed by atoms with van der Waals surface area (Å²) >= 11 is 0. The van der Waals surface area contributed by atoms with Gasteiger partial charge in [-0.1, -0.05) is 23.8 Å². The van der Waals surface area contributed by atoms with Gasteiger partial charge in [-0.2, -0.15) is 0 Å². The fourth-order valence-electron chi connectivity index (χ4n) is 2.79. The van der Waals surface area contributed by atoms with Gasteiger partial charge in [0.2, 0.25) is 0 Å². The van der Waals surface area contributed by atoms with Crippen LogP contribution in [0.15, 0.2) is 47.4 Å². The number of nitrogens with zero attached hydrogens (tertiary/aromatic N) is 1. The maximum atomic E-state index is 14.3. The lowest BCUT2D eigenvalue weighted by molar-refractivity contribution is 0.198. The zero-order valence-electron chi connectivity index (χ0n) is 13.2. The van der Waals surface area contributed by atoms with Gasteiger partial charge < -0.3 is 10.0 Å². The van der Waals surface area contributed by atoms with Gasteiger partial charge >= 0.3 is 0 Å². The number of sulfonamides is 1. The first-order valence-corrected chi connectivity index (χ1v) is 9.16. The summed E-state index contributed by atoms with van der Waals surface area (Å²) in [5, 5.41) is 9.68. The van der Waals surface area contributed by atoms with Crippen LogP contribution in [0.2, 0.25) is 0 Å². The Hall–Kier alpha value is -2.12. The molecule has 0 spiro atoms. The maximum Gasteiger partial charge on any atom is 0.261 e. The molecule has 0 aromatic heterocycles. The van der Waals surface area contributed by atoms with E-state index in [0.29, 0.717) is 13.0 Å². The average molecular weight is 350 g/mol. The zero-order chi connectivity index (χ0) is 17.3. The molecule has 2 N–H and O–H groups in total. The van der Waals surface area contributed by atoms with Crippen molar-refractivity contribution in [2.75, 3.05) is 22.7 Å². The Kier molecular flexibility index (Phi) is 4.47. The SMILES string of the molecule is Cc1ccc(S(=O)(=O)Nc2cccc(F)c2N2CCC(O)C2)cc1. The van der Waals surface area contributed by atoms with Crippen molar-refractivity contribution in [1.29, 1.82) is 0 Å². The molecule has 0 saturated carbocycles. The van der Waals surface area contributed by atoms with Crippen LogP contribution in [0.3, 0.4) is 0 Å². The summed E-state index contributed by atoms with van der Waals surface area (Å²) < 4.78 is 41.9. The number of β-amino-alcohol motifs (C(OH)–C–C–N with tert-alkyl or cyclic N) is 1. The van der Waals surface area contributed by atoms with Crippen molar-refractivity contribution in [2.45, 2.75) is 24.3 Å². The zero-order valence-corrected chi connectivity index (χ0v) is 14.1. The summed E-state index contributed by atoms with van der Waals surface area (Å²) in [6.45, 7) is 2.62. The van der Waals surface area contributed by atoms with E-state index in [1.54, 1.807) is 17.0 Å². The lowest BCUT2D eigenvalue weighted by Crippen LogP contribution is -2.24. The molecule has 0 amide bonds. The lowest BCUT2D eigenvalue weighted by atomic mass is 10.2. The fourth-order valence-corrected chi connectivity index (χ4v) is 3.85. The molecule has 2 aromatic rings. The minimum Gasteiger partial charge on any atom is -0.391 e. The van der Waals surface area contributed by atoms with E-state index in [1.165, 1.54) is 30.3 Å². The Bertz CT molecular complexity index is 837. The number of hydrogen-bond acceptors (Lipinski definition) is 4. The Morgan fingerprint density at radius 2 is 1.92 bits per heavy atom. The highest BCUT2D eigenvalue weighted by Crippen LogP contribution is 2.33. The normalized spacial score (nSPS) is 18.0. The van der Waals surface area contributed by atoms with Crippen LogP contribution in [0, 0.1) is 12.7 Å². The summed E-state index contributed by atoms with van der Waals surface area (Å²) in [6, 6.07) is 10.7. The highest BCUT2D eigenvalue weighted by Gasteiger charge is 2.26. The van der Waals surface area contributed by atoms with Gasteiger partial charge in [0.25, 0.3) is 10.0 Å². The maximum absolute atomic E-state index is 14.3. The van der Waals surface area contributed by atoms with Gasteiger partial charge in [-0.25, -0.2) is 12.8 Å². The van der Waals surface area contributed by atoms with E-state index < -0.39 is 21.9 Å². The standard InChI is InChI=1S/C17H19FN2O3S/c1-12-5-7-14(8-6-12)24(22,23)19-16-4-2-3-15(18)17(16)20-10-9-13(21)11-20/h2-8,13,19,21H,9-11H2,1H3. The molecule has 1 saturated heterocycles. The van der Waals surface area contributed by atoms with Crippen molar-refractivity contribution in [3.63, 3.8) is 0 Å². The molecular weight excluding hydrogens is 331 g/mol. The van der Waals surface area contributed by atoms with Gasteiger partial charge in [0.15, 0.2) is 0 Å². The van der Waals surface area contributed by atoms with Crippen molar-refractivity contribution in [2.24, 2.45) is 0 Å². The molecule has 0 bridgehead atoms. The van der Waals surface area contributed by atoms with Crippen LogP contribution in [0.5, 0.6) is 0 Å². The molecule has 1 unspecified atom stereocenters. The Balaban J connectivity index is 1.95. The molecule has 1 fully saturated rings. The first kappa shape index (κ1) is 16.7. The molecule has 0 aliphatic carbocycles. The molecule has 1 aliphatic rings. The number of nitrogens with one attached hydrogen (secondary N) is 1. The molecule has 7 heteroatoms. The number of aryl methyl sites for hydroxylation is 1. The van der Waals surface area contributed by atoms with Gasteiger partial charge in [-0.05, 0) is 37.6 Å². The van der Waals surface area contributed by atoms with Crippen LogP contribution in [-0.4, -0.2) is 32.7 Å². The number of para-hydroxylation sites is 1. The minimum absolute atomic E-state index is 0.116. The van der Waals surface area contributed by atoms with E-state index in [9.17, 15) is 17.9 Å². The third kappa shape index (κ3) is 3.37. The topological polar surface area (TPSA) is 69.6 Å². The van der Waals surface area contributed by atoms with E-state index in [0.717, 1.165) is 5.56 Å². The molecule has 1 atom stereocenters. The van der Waals surface area contributed by atoms with Crippen LogP contribution in [-0.2, 0) is 10.0 Å². The molecular formula is C17H19FN2O3S. The number of hydrogen-bond donors (Lipinski definition) is 2. The van der Waals surface area contributed by atoms with Gasteiger partial charge in [0, 0.05) is 13.1 Å². The summed E-state index contributed by atoms with van der Waals surface area (Å²) in [5.74, 6) is -0.520. The second-order valence-corrected chi connectivity index (χ2v) is 7.63. The largest absolute Gasteiger partial charge is 0.391 e. The molecule has 2 aromatic carbocycles. The fraction of sp³-hybridized carbons (Fsp3) is 0.294. The monoisotopic (exact) mass is 350 g/mol. The number of aliphatic hydroxyl groups is 1. The molecule has 1 aliphatic heterocycles. The first-order chi connectivity index (χ1) is 11.4. The van der Waals surface area contributed by atoms with Crippen LogP contribution < -0.4 is 9.62 Å². The number of anilines is 2. The van der Waals surface area contributed by atoms with Gasteiger partial charge in [0.05, 0.1) is 22.4 Å². The highest BCUT2D eigenvalue weighted by molar-refractivity contribution is 7.92. The molecule has 128 valence electrons. The average Bonchev–Trinajstić information content (AvgIpc) is 2.93. The number of rotatable bonds is 4. The molecule has 1 heterocycles. The van der Waals surface area contributed by atoms with Gasteiger partial charge in [-0.15, -0.1) is 0 Å². The van der Waals surface area contributed by atoms with Crippen molar-refractivity contribution in [3.05, 3.63) is 53.8 Å². The van der Waals surface area contributed by atoms with Crippen molar-refractivity contribution < 1.29 is 17.9 Å². The summed E-state index contributed by atoms with van der Waals surface area (Å²) in [4.78, 5) is 1.78. The second-order valence-electron chi connectivity index (χ2n) is 5.94. The van der Waals surface area contributed by atoms with E-state index in [2.05, 4.69) is 4.72 Å². The van der Waals surface area contributed by atoms with Crippen molar-refractivity contribution in [3.8, 4) is 0 Å². The summed E-state index contributed by atoms with van der Waals surface area (Å²) in [7, 11) is -3.82. The van der Waals surface area contributed by atoms with E-state index in [4.69, 9.17) is 0 Å². The van der Waals surface area contributed by atoms with Crippen LogP contribution >= 0.6 is 0 Å². The first-order valence-electron chi connectivity index (χ1n) is 7.68. The van der Waals surface area contributed by atoms with E-state index in [1.807, 2.05) is 6.92 Å². The van der Waals surface area contributed by atoms with Crippen molar-refractivity contribution >= 4 is 21.4 Å². The Labute approximate surface area is 140 Å². The third-order valence-electron chi connectivity index (χ3n) is 4.04. The smallest absolute Gasteiger partial charge is 0.261 e. The predicted octanol–water partition coefficient (Wildman–Crippen LogP) is 2.51. The highest BCUT2D eigenvalue weighted by atomic mass is 32.2. The Morgan fingerprint density at radius 1 is 1.21 bits per heavy atom. The van der Waals surface area contributed by atoms with Gasteiger partial charge in [0.1, 0.15) is 5.82 Å². The van der Waals surface area contributed by atoms with E-state index >= 15 is 0 Å². The van der Waals surface area contributed by atoms with E-state index in [-0.39, 0.29) is 22.8 Å². The van der Waals surface area contributed by atoms with Crippen molar-refractivity contribution in [1.82, 2.24) is 0 Å². The molecule has 24 heavy (non-hydrogen) atoms. The number of benzene rings is 2. The molecule has 0 radical (unpaired) electrons. The second kappa shape index (κ2) is 6.41. The molecule has 5 nitrogen and oxygen atoms in total. The Morgan fingerprint density at radius 3 is 2.54 bits per heavy atom. The van der Waals surface area contributed by atoms with Crippen LogP contribution in [0.25, 0.3) is 0 Å². The summed E-state index contributed by atoms with van der Waals surface area (Å²) in [5.41, 5.74) is 1.29.